The van der Waals surface area contributed by atoms with Crippen molar-refractivity contribution in [1.82, 2.24) is 15.0 Å². The topological polar surface area (TPSA) is 64.8 Å². The van der Waals surface area contributed by atoms with E-state index in [2.05, 4.69) is 10.3 Å². The first-order valence-electron chi connectivity index (χ1n) is 6.77. The van der Waals surface area contributed by atoms with Gasteiger partial charge in [0.15, 0.2) is 5.69 Å². The lowest BCUT2D eigenvalue weighted by atomic mass is 9.90. The number of hydrogen-bond acceptors (Lipinski definition) is 4. The third-order valence-corrected chi connectivity index (χ3v) is 4.01. The Morgan fingerprint density at radius 2 is 1.75 bits per heavy atom. The van der Waals surface area contributed by atoms with Gasteiger partial charge < -0.3 is 0 Å². The Kier molecular flexibility index (Phi) is 3.07. The highest BCUT2D eigenvalue weighted by atomic mass is 35.5. The van der Waals surface area contributed by atoms with E-state index >= 15 is 0 Å². The number of benzene rings is 2. The van der Waals surface area contributed by atoms with Crippen LogP contribution in [0.3, 0.4) is 0 Å². The predicted octanol–water partition coefficient (Wildman–Crippen LogP) is 2.97. The van der Waals surface area contributed by atoms with Crippen molar-refractivity contribution in [3.63, 3.8) is 0 Å². The summed E-state index contributed by atoms with van der Waals surface area (Å²) < 4.78 is 27.8. The van der Waals surface area contributed by atoms with Gasteiger partial charge in [0, 0.05) is 11.1 Å². The van der Waals surface area contributed by atoms with Crippen molar-refractivity contribution in [3.05, 3.63) is 75.6 Å². The molecule has 1 heterocycles. The van der Waals surface area contributed by atoms with Gasteiger partial charge in [0.2, 0.25) is 11.6 Å². The monoisotopic (exact) mass is 345 g/mol. The normalized spacial score (nSPS) is 13.0. The van der Waals surface area contributed by atoms with E-state index in [4.69, 9.17) is 11.6 Å². The number of nitrogens with zero attached hydrogens (tertiary/aromatic N) is 3. The zero-order valence-corrected chi connectivity index (χ0v) is 12.5. The Labute approximate surface area is 138 Å². The molecule has 1 aliphatic carbocycles. The van der Waals surface area contributed by atoms with Gasteiger partial charge in [-0.15, -0.1) is 5.10 Å². The van der Waals surface area contributed by atoms with Gasteiger partial charge in [0.05, 0.1) is 10.7 Å². The average molecular weight is 346 g/mol. The molecular weight excluding hydrogens is 340 g/mol. The molecule has 2 aromatic carbocycles. The third-order valence-electron chi connectivity index (χ3n) is 3.72. The fraction of sp³-hybridized carbons (Fsp3) is 0. The SMILES string of the molecule is O=C1c2cc(F)ccc2C(=O)c2c1nnn2-c1ccc(F)c(Cl)c1. The fourth-order valence-electron chi connectivity index (χ4n) is 2.59. The van der Waals surface area contributed by atoms with Crippen LogP contribution in [0.15, 0.2) is 36.4 Å². The fourth-order valence-corrected chi connectivity index (χ4v) is 2.77. The van der Waals surface area contributed by atoms with Gasteiger partial charge in [-0.3, -0.25) is 9.59 Å². The van der Waals surface area contributed by atoms with Crippen molar-refractivity contribution in [3.8, 4) is 5.69 Å². The lowest BCUT2D eigenvalue weighted by molar-refractivity contribution is 0.0972. The van der Waals surface area contributed by atoms with Gasteiger partial charge in [-0.2, -0.15) is 0 Å². The molecule has 1 aromatic heterocycles. The molecule has 0 aliphatic heterocycles. The second-order valence-corrected chi connectivity index (χ2v) is 5.55. The summed E-state index contributed by atoms with van der Waals surface area (Å²) in [4.78, 5) is 25.1. The first-order valence-corrected chi connectivity index (χ1v) is 7.15. The summed E-state index contributed by atoms with van der Waals surface area (Å²) in [6.07, 6.45) is 0. The van der Waals surface area contributed by atoms with E-state index in [9.17, 15) is 18.4 Å². The van der Waals surface area contributed by atoms with Crippen molar-refractivity contribution in [1.29, 1.82) is 0 Å². The Balaban J connectivity index is 1.93. The molecule has 0 fully saturated rings. The summed E-state index contributed by atoms with van der Waals surface area (Å²) in [6, 6.07) is 7.06. The number of halogens is 3. The maximum Gasteiger partial charge on any atom is 0.216 e. The molecule has 0 saturated heterocycles. The molecule has 0 N–H and O–H groups in total. The summed E-state index contributed by atoms with van der Waals surface area (Å²) in [6.45, 7) is 0. The number of carbonyl (C=O) groups excluding carboxylic acids is 2. The van der Waals surface area contributed by atoms with Crippen molar-refractivity contribution in [2.24, 2.45) is 0 Å². The molecular formula is C16H6ClF2N3O2. The second kappa shape index (κ2) is 5.04. The van der Waals surface area contributed by atoms with Crippen LogP contribution in [0, 0.1) is 11.6 Å². The van der Waals surface area contributed by atoms with Crippen molar-refractivity contribution >= 4 is 23.2 Å². The zero-order valence-electron chi connectivity index (χ0n) is 11.8. The number of ketones is 2. The number of aromatic nitrogens is 3. The van der Waals surface area contributed by atoms with Crippen LogP contribution in [0.1, 0.15) is 32.1 Å². The van der Waals surface area contributed by atoms with Crippen molar-refractivity contribution in [2.75, 3.05) is 0 Å². The molecule has 0 saturated carbocycles. The minimum absolute atomic E-state index is 0.0586. The Bertz CT molecular complexity index is 1050. The van der Waals surface area contributed by atoms with E-state index in [0.29, 0.717) is 0 Å². The summed E-state index contributed by atoms with van der Waals surface area (Å²) in [5.74, 6) is -2.38. The van der Waals surface area contributed by atoms with Crippen molar-refractivity contribution < 1.29 is 18.4 Å². The molecule has 0 radical (unpaired) electrons. The molecule has 0 bridgehead atoms. The van der Waals surface area contributed by atoms with Crippen LogP contribution in [-0.2, 0) is 0 Å². The van der Waals surface area contributed by atoms with Crippen LogP contribution in [0.25, 0.3) is 5.69 Å². The van der Waals surface area contributed by atoms with Crippen LogP contribution in [-0.4, -0.2) is 26.6 Å². The van der Waals surface area contributed by atoms with E-state index in [0.717, 1.165) is 22.9 Å². The first kappa shape index (κ1) is 14.6. The second-order valence-electron chi connectivity index (χ2n) is 5.15. The van der Waals surface area contributed by atoms with Crippen LogP contribution in [0.4, 0.5) is 8.78 Å². The van der Waals surface area contributed by atoms with Crippen LogP contribution >= 0.6 is 11.6 Å². The molecule has 24 heavy (non-hydrogen) atoms. The lowest BCUT2D eigenvalue weighted by Gasteiger charge is -2.14. The summed E-state index contributed by atoms with van der Waals surface area (Å²) >= 11 is 5.75. The smallest absolute Gasteiger partial charge is 0.216 e. The molecule has 0 amide bonds. The van der Waals surface area contributed by atoms with Gasteiger partial charge >= 0.3 is 0 Å². The van der Waals surface area contributed by atoms with E-state index in [-0.39, 0.29) is 33.2 Å². The molecule has 0 spiro atoms. The van der Waals surface area contributed by atoms with Crippen molar-refractivity contribution in [2.45, 2.75) is 0 Å². The van der Waals surface area contributed by atoms with Gasteiger partial charge in [-0.05, 0) is 36.4 Å². The molecule has 118 valence electrons. The highest BCUT2D eigenvalue weighted by Crippen LogP contribution is 2.28. The van der Waals surface area contributed by atoms with E-state index in [1.807, 2.05) is 0 Å². The lowest BCUT2D eigenvalue weighted by Crippen LogP contribution is -2.23. The number of rotatable bonds is 1. The quantitative estimate of drug-likeness (QED) is 0.532. The predicted molar refractivity (Wildman–Crippen MR) is 79.6 cm³/mol. The molecule has 5 nitrogen and oxygen atoms in total. The third kappa shape index (κ3) is 1.98. The molecule has 0 unspecified atom stereocenters. The summed E-state index contributed by atoms with van der Waals surface area (Å²) in [7, 11) is 0. The van der Waals surface area contributed by atoms with Gasteiger partial charge in [0.1, 0.15) is 17.3 Å². The van der Waals surface area contributed by atoms with Gasteiger partial charge in [-0.1, -0.05) is 16.8 Å². The zero-order chi connectivity index (χ0) is 17.0. The standard InChI is InChI=1S/C16H6ClF2N3O2/c17-11-6-8(2-4-12(11)19)22-14-13(20-21-22)15(23)10-5-7(18)1-3-9(10)16(14)24/h1-6H. The summed E-state index contributed by atoms with van der Waals surface area (Å²) in [5, 5.41) is 7.37. The van der Waals surface area contributed by atoms with Crippen LogP contribution < -0.4 is 0 Å². The van der Waals surface area contributed by atoms with Gasteiger partial charge in [-0.25, -0.2) is 13.5 Å². The minimum Gasteiger partial charge on any atom is -0.287 e. The number of carbonyl (C=O) groups is 2. The molecule has 0 atom stereocenters. The maximum atomic E-state index is 13.4. The Morgan fingerprint density at radius 1 is 0.958 bits per heavy atom. The molecule has 3 aromatic rings. The Morgan fingerprint density at radius 3 is 2.50 bits per heavy atom. The van der Waals surface area contributed by atoms with Crippen LogP contribution in [0.2, 0.25) is 5.02 Å². The molecule has 4 rings (SSSR count). The molecule has 8 heteroatoms. The van der Waals surface area contributed by atoms with E-state index < -0.39 is 23.2 Å². The molecule has 1 aliphatic rings. The van der Waals surface area contributed by atoms with E-state index in [1.54, 1.807) is 0 Å². The average Bonchev–Trinajstić information content (AvgIpc) is 3.00. The maximum absolute atomic E-state index is 13.4. The first-order chi connectivity index (χ1) is 11.5. The Hall–Kier alpha value is -2.93. The largest absolute Gasteiger partial charge is 0.287 e. The highest BCUT2D eigenvalue weighted by Gasteiger charge is 2.35. The van der Waals surface area contributed by atoms with Crippen LogP contribution in [0.5, 0.6) is 0 Å². The van der Waals surface area contributed by atoms with Gasteiger partial charge in [0.25, 0.3) is 0 Å². The minimum atomic E-state index is -0.629. The summed E-state index contributed by atoms with van der Waals surface area (Å²) in [5.41, 5.74) is 0.0320. The highest BCUT2D eigenvalue weighted by molar-refractivity contribution is 6.31. The number of fused-ring (bicyclic) bond motifs is 2. The number of hydrogen-bond donors (Lipinski definition) is 0. The van der Waals surface area contributed by atoms with E-state index in [1.165, 1.54) is 18.2 Å².